The van der Waals surface area contributed by atoms with Crippen molar-refractivity contribution in [2.24, 2.45) is 0 Å². The summed E-state index contributed by atoms with van der Waals surface area (Å²) in [5.74, 6) is 0.923. The van der Waals surface area contributed by atoms with Gasteiger partial charge in [0.25, 0.3) is 0 Å². The third kappa shape index (κ3) is 2.62. The second-order valence-electron chi connectivity index (χ2n) is 3.88. The van der Waals surface area contributed by atoms with Gasteiger partial charge in [-0.05, 0) is 24.6 Å². The highest BCUT2D eigenvalue weighted by Crippen LogP contribution is 2.27. The third-order valence-electron chi connectivity index (χ3n) is 2.54. The quantitative estimate of drug-likeness (QED) is 0.794. The van der Waals surface area contributed by atoms with Crippen LogP contribution in [0.15, 0.2) is 30.6 Å². The third-order valence-corrected chi connectivity index (χ3v) is 2.91. The lowest BCUT2D eigenvalue weighted by atomic mass is 10.1. The first kappa shape index (κ1) is 12.4. The number of aromatic nitrogens is 2. The van der Waals surface area contributed by atoms with E-state index in [1.807, 2.05) is 13.0 Å². The van der Waals surface area contributed by atoms with Crippen molar-refractivity contribution in [3.63, 3.8) is 0 Å². The van der Waals surface area contributed by atoms with Crippen LogP contribution in [0.3, 0.4) is 0 Å². The zero-order chi connectivity index (χ0) is 13.1. The molecule has 6 heteroatoms. The summed E-state index contributed by atoms with van der Waals surface area (Å²) < 4.78 is 0. The van der Waals surface area contributed by atoms with E-state index in [1.54, 1.807) is 18.2 Å². The first-order chi connectivity index (χ1) is 8.58. The number of nitrogens with zero attached hydrogens (tertiary/aromatic N) is 2. The molecule has 94 valence electrons. The van der Waals surface area contributed by atoms with Crippen LogP contribution in [0.25, 0.3) is 0 Å². The van der Waals surface area contributed by atoms with Crippen molar-refractivity contribution < 1.29 is 5.11 Å². The van der Waals surface area contributed by atoms with Gasteiger partial charge in [0.05, 0.1) is 6.04 Å². The maximum atomic E-state index is 9.43. The predicted octanol–water partition coefficient (Wildman–Crippen LogP) is 2.59. The van der Waals surface area contributed by atoms with Crippen LogP contribution in [0.4, 0.5) is 11.6 Å². The number of nitrogen functional groups attached to an aromatic ring is 1. The highest BCUT2D eigenvalue weighted by Gasteiger charge is 2.11. The lowest BCUT2D eigenvalue weighted by Crippen LogP contribution is -2.09. The molecule has 1 heterocycles. The Balaban J connectivity index is 2.21. The van der Waals surface area contributed by atoms with Crippen LogP contribution in [0.2, 0.25) is 5.02 Å². The smallest absolute Gasteiger partial charge is 0.150 e. The molecular formula is C12H13ClN4O. The van der Waals surface area contributed by atoms with E-state index in [0.717, 1.165) is 5.56 Å². The average Bonchev–Trinajstić information content (AvgIpc) is 2.35. The molecule has 0 radical (unpaired) electrons. The van der Waals surface area contributed by atoms with E-state index < -0.39 is 0 Å². The van der Waals surface area contributed by atoms with Gasteiger partial charge in [0.1, 0.15) is 22.9 Å². The van der Waals surface area contributed by atoms with Crippen molar-refractivity contribution in [1.82, 2.24) is 9.97 Å². The summed E-state index contributed by atoms with van der Waals surface area (Å²) in [6, 6.07) is 6.90. The monoisotopic (exact) mass is 264 g/mol. The Hall–Kier alpha value is -2.01. The van der Waals surface area contributed by atoms with Crippen LogP contribution >= 0.6 is 11.6 Å². The van der Waals surface area contributed by atoms with E-state index in [0.29, 0.717) is 10.8 Å². The number of hydrogen-bond donors (Lipinski definition) is 3. The van der Waals surface area contributed by atoms with Crippen LogP contribution in [-0.4, -0.2) is 15.1 Å². The summed E-state index contributed by atoms with van der Waals surface area (Å²) >= 11 is 5.99. The topological polar surface area (TPSA) is 84.1 Å². The number of phenols is 1. The van der Waals surface area contributed by atoms with Crippen molar-refractivity contribution in [1.29, 1.82) is 0 Å². The highest BCUT2D eigenvalue weighted by molar-refractivity contribution is 6.35. The molecule has 0 amide bonds. The minimum Gasteiger partial charge on any atom is -0.508 e. The second-order valence-corrected chi connectivity index (χ2v) is 4.26. The Morgan fingerprint density at radius 1 is 1.39 bits per heavy atom. The molecule has 0 aliphatic rings. The molecule has 0 saturated carbocycles. The fourth-order valence-electron chi connectivity index (χ4n) is 1.57. The van der Waals surface area contributed by atoms with Gasteiger partial charge in [-0.25, -0.2) is 9.97 Å². The molecule has 0 aliphatic heterocycles. The maximum absolute atomic E-state index is 9.43. The molecule has 0 aliphatic carbocycles. The minimum absolute atomic E-state index is 0.0658. The van der Waals surface area contributed by atoms with E-state index in [9.17, 15) is 5.11 Å². The SMILES string of the molecule is C[C@@H](Nc1ncnc(N)c1Cl)c1cccc(O)c1. The molecule has 18 heavy (non-hydrogen) atoms. The normalized spacial score (nSPS) is 12.1. The number of nitrogens with one attached hydrogen (secondary N) is 1. The molecule has 1 aromatic carbocycles. The Kier molecular flexibility index (Phi) is 3.53. The summed E-state index contributed by atoms with van der Waals surface area (Å²) in [6.45, 7) is 1.93. The maximum Gasteiger partial charge on any atom is 0.150 e. The Morgan fingerprint density at radius 3 is 2.89 bits per heavy atom. The second kappa shape index (κ2) is 5.10. The summed E-state index contributed by atoms with van der Waals surface area (Å²) in [5.41, 5.74) is 6.52. The van der Waals surface area contributed by atoms with Crippen molar-refractivity contribution in [2.45, 2.75) is 13.0 Å². The summed E-state index contributed by atoms with van der Waals surface area (Å²) in [5, 5.41) is 12.8. The number of phenolic OH excluding ortho intramolecular Hbond substituents is 1. The molecular weight excluding hydrogens is 252 g/mol. The number of halogens is 1. The van der Waals surface area contributed by atoms with E-state index in [4.69, 9.17) is 17.3 Å². The van der Waals surface area contributed by atoms with Gasteiger partial charge >= 0.3 is 0 Å². The molecule has 0 spiro atoms. The molecule has 0 unspecified atom stereocenters. The van der Waals surface area contributed by atoms with Crippen LogP contribution in [0.1, 0.15) is 18.5 Å². The van der Waals surface area contributed by atoms with Gasteiger partial charge < -0.3 is 16.2 Å². The molecule has 1 aromatic heterocycles. The van der Waals surface area contributed by atoms with Crippen molar-refractivity contribution >= 4 is 23.2 Å². The molecule has 5 nitrogen and oxygen atoms in total. The number of hydrogen-bond acceptors (Lipinski definition) is 5. The standard InChI is InChI=1S/C12H13ClN4O/c1-7(8-3-2-4-9(18)5-8)17-12-10(13)11(14)15-6-16-12/h2-7,18H,1H3,(H3,14,15,16,17)/t7-/m1/s1. The first-order valence-corrected chi connectivity index (χ1v) is 5.77. The van der Waals surface area contributed by atoms with E-state index in [-0.39, 0.29) is 17.6 Å². The molecule has 1 atom stereocenters. The van der Waals surface area contributed by atoms with Gasteiger partial charge in [-0.2, -0.15) is 0 Å². The summed E-state index contributed by atoms with van der Waals surface area (Å²) in [4.78, 5) is 7.82. The fraction of sp³-hybridized carbons (Fsp3) is 0.167. The van der Waals surface area contributed by atoms with E-state index >= 15 is 0 Å². The van der Waals surface area contributed by atoms with Gasteiger partial charge in [-0.3, -0.25) is 0 Å². The average molecular weight is 265 g/mol. The lowest BCUT2D eigenvalue weighted by Gasteiger charge is -2.16. The molecule has 4 N–H and O–H groups in total. The van der Waals surface area contributed by atoms with Crippen molar-refractivity contribution in [3.8, 4) is 5.75 Å². The van der Waals surface area contributed by atoms with Gasteiger partial charge in [-0.1, -0.05) is 23.7 Å². The van der Waals surface area contributed by atoms with Crippen LogP contribution in [-0.2, 0) is 0 Å². The Bertz CT molecular complexity index is 562. The summed E-state index contributed by atoms with van der Waals surface area (Å²) in [6.07, 6.45) is 1.35. The van der Waals surface area contributed by atoms with Gasteiger partial charge in [0.15, 0.2) is 5.82 Å². The van der Waals surface area contributed by atoms with Gasteiger partial charge in [-0.15, -0.1) is 0 Å². The number of rotatable bonds is 3. The molecule has 0 fully saturated rings. The lowest BCUT2D eigenvalue weighted by molar-refractivity contribution is 0.474. The molecule has 2 rings (SSSR count). The van der Waals surface area contributed by atoms with Gasteiger partial charge in [0, 0.05) is 0 Å². The summed E-state index contributed by atoms with van der Waals surface area (Å²) in [7, 11) is 0. The fourth-order valence-corrected chi connectivity index (χ4v) is 1.72. The zero-order valence-corrected chi connectivity index (χ0v) is 10.5. The molecule has 0 bridgehead atoms. The highest BCUT2D eigenvalue weighted by atomic mass is 35.5. The van der Waals surface area contributed by atoms with E-state index in [1.165, 1.54) is 6.33 Å². The van der Waals surface area contributed by atoms with E-state index in [2.05, 4.69) is 15.3 Å². The van der Waals surface area contributed by atoms with Crippen molar-refractivity contribution in [3.05, 3.63) is 41.2 Å². The van der Waals surface area contributed by atoms with Crippen LogP contribution in [0.5, 0.6) is 5.75 Å². The van der Waals surface area contributed by atoms with Crippen molar-refractivity contribution in [2.75, 3.05) is 11.1 Å². The number of benzene rings is 1. The Labute approximate surface area is 110 Å². The first-order valence-electron chi connectivity index (χ1n) is 5.39. The minimum atomic E-state index is -0.0658. The van der Waals surface area contributed by atoms with Crippen LogP contribution < -0.4 is 11.1 Å². The predicted molar refractivity (Wildman–Crippen MR) is 71.6 cm³/mol. The molecule has 2 aromatic rings. The number of anilines is 2. The van der Waals surface area contributed by atoms with Gasteiger partial charge in [0.2, 0.25) is 0 Å². The number of aromatic hydroxyl groups is 1. The largest absolute Gasteiger partial charge is 0.508 e. The zero-order valence-electron chi connectivity index (χ0n) is 9.76. The molecule has 0 saturated heterocycles. The Morgan fingerprint density at radius 2 is 2.17 bits per heavy atom. The number of nitrogens with two attached hydrogens (primary N) is 1. The van der Waals surface area contributed by atoms with Crippen LogP contribution in [0, 0.1) is 0 Å².